The summed E-state index contributed by atoms with van der Waals surface area (Å²) < 4.78 is 5.44. The zero-order valence-corrected chi connectivity index (χ0v) is 20.8. The number of hydrogen-bond acceptors (Lipinski definition) is 4. The smallest absolute Gasteiger partial charge is 0.311 e. The lowest BCUT2D eigenvalue weighted by atomic mass is 10.0. The fourth-order valence-corrected chi connectivity index (χ4v) is 4.01. The van der Waals surface area contributed by atoms with Crippen molar-refractivity contribution in [1.82, 2.24) is 0 Å². The van der Waals surface area contributed by atoms with Crippen LogP contribution in [0.4, 0.5) is 0 Å². The molecule has 0 spiro atoms. The van der Waals surface area contributed by atoms with Crippen LogP contribution in [0.5, 0.6) is 17.2 Å². The van der Waals surface area contributed by atoms with E-state index in [9.17, 15) is 15.0 Å². The molecule has 4 heteroatoms. The number of benzene rings is 2. The van der Waals surface area contributed by atoms with Crippen LogP contribution in [0.25, 0.3) is 12.2 Å². The van der Waals surface area contributed by atoms with Crippen LogP contribution in [0.1, 0.15) is 108 Å². The Morgan fingerprint density at radius 3 is 1.79 bits per heavy atom. The summed E-state index contributed by atoms with van der Waals surface area (Å²) in [7, 11) is 0. The SMILES string of the molecule is CCCCCCCCCCCCCCCC(=O)Oc1cc(O)cc(/C=C/c2ccc(O)cc2)c1. The highest BCUT2D eigenvalue weighted by Gasteiger charge is 2.07. The van der Waals surface area contributed by atoms with Crippen LogP contribution in [-0.4, -0.2) is 16.2 Å². The number of carbonyl (C=O) groups is 1. The van der Waals surface area contributed by atoms with Crippen LogP contribution >= 0.6 is 0 Å². The number of phenols is 2. The van der Waals surface area contributed by atoms with Crippen LogP contribution in [0.3, 0.4) is 0 Å². The first-order valence-corrected chi connectivity index (χ1v) is 13.1. The van der Waals surface area contributed by atoms with E-state index in [2.05, 4.69) is 6.92 Å². The van der Waals surface area contributed by atoms with E-state index in [1.54, 1.807) is 36.4 Å². The van der Waals surface area contributed by atoms with Crippen molar-refractivity contribution in [3.63, 3.8) is 0 Å². The van der Waals surface area contributed by atoms with Crippen molar-refractivity contribution in [1.29, 1.82) is 0 Å². The maximum absolute atomic E-state index is 12.2. The van der Waals surface area contributed by atoms with Crippen LogP contribution in [0, 0.1) is 0 Å². The Hall–Kier alpha value is -2.75. The van der Waals surface area contributed by atoms with Crippen molar-refractivity contribution in [2.24, 2.45) is 0 Å². The highest BCUT2D eigenvalue weighted by Crippen LogP contribution is 2.24. The van der Waals surface area contributed by atoms with E-state index in [4.69, 9.17) is 4.74 Å². The third-order valence-electron chi connectivity index (χ3n) is 5.99. The molecule has 0 bridgehead atoms. The molecule has 0 aliphatic carbocycles. The fourth-order valence-electron chi connectivity index (χ4n) is 4.01. The van der Waals surface area contributed by atoms with Gasteiger partial charge in [-0.25, -0.2) is 0 Å². The Bertz CT molecular complexity index is 855. The first kappa shape index (κ1) is 27.5. The topological polar surface area (TPSA) is 66.8 Å². The summed E-state index contributed by atoms with van der Waals surface area (Å²) >= 11 is 0. The number of ether oxygens (including phenoxy) is 1. The van der Waals surface area contributed by atoms with Gasteiger partial charge < -0.3 is 14.9 Å². The number of phenolic OH excluding ortho intramolecular Hbond substituents is 2. The minimum absolute atomic E-state index is 0.0524. The summed E-state index contributed by atoms with van der Waals surface area (Å²) in [5, 5.41) is 19.3. The summed E-state index contributed by atoms with van der Waals surface area (Å²) in [5.74, 6) is 0.357. The van der Waals surface area contributed by atoms with Gasteiger partial charge in [-0.1, -0.05) is 108 Å². The number of unbranched alkanes of at least 4 members (excludes halogenated alkanes) is 12. The van der Waals surface area contributed by atoms with Gasteiger partial charge in [0.05, 0.1) is 0 Å². The summed E-state index contributed by atoms with van der Waals surface area (Å²) in [4.78, 5) is 12.2. The van der Waals surface area contributed by atoms with E-state index in [1.807, 2.05) is 12.2 Å². The monoisotopic (exact) mass is 466 g/mol. The van der Waals surface area contributed by atoms with Crippen LogP contribution in [0.15, 0.2) is 42.5 Å². The van der Waals surface area contributed by atoms with Gasteiger partial charge in [-0.15, -0.1) is 0 Å². The molecule has 0 heterocycles. The molecule has 0 saturated carbocycles. The largest absolute Gasteiger partial charge is 0.508 e. The fraction of sp³-hybridized carbons (Fsp3) is 0.500. The third kappa shape index (κ3) is 12.5. The Labute approximate surface area is 205 Å². The van der Waals surface area contributed by atoms with Crippen molar-refractivity contribution >= 4 is 18.1 Å². The maximum Gasteiger partial charge on any atom is 0.311 e. The molecule has 0 aliphatic heterocycles. The van der Waals surface area contributed by atoms with Crippen LogP contribution < -0.4 is 4.74 Å². The molecule has 2 N–H and O–H groups in total. The van der Waals surface area contributed by atoms with E-state index < -0.39 is 0 Å². The number of carbonyl (C=O) groups excluding carboxylic acids is 1. The maximum atomic E-state index is 12.2. The second-order valence-corrected chi connectivity index (χ2v) is 9.15. The third-order valence-corrected chi connectivity index (χ3v) is 5.99. The zero-order chi connectivity index (χ0) is 24.4. The molecule has 0 saturated heterocycles. The van der Waals surface area contributed by atoms with E-state index >= 15 is 0 Å². The number of hydrogen-bond donors (Lipinski definition) is 2. The van der Waals surface area contributed by atoms with Gasteiger partial charge in [0, 0.05) is 12.5 Å². The molecule has 34 heavy (non-hydrogen) atoms. The lowest BCUT2D eigenvalue weighted by Crippen LogP contribution is -2.07. The second-order valence-electron chi connectivity index (χ2n) is 9.15. The van der Waals surface area contributed by atoms with Gasteiger partial charge in [0.15, 0.2) is 0 Å². The van der Waals surface area contributed by atoms with Gasteiger partial charge in [-0.2, -0.15) is 0 Å². The molecule has 2 rings (SSSR count). The molecule has 2 aromatic carbocycles. The highest BCUT2D eigenvalue weighted by atomic mass is 16.5. The molecule has 0 fully saturated rings. The summed E-state index contributed by atoms with van der Waals surface area (Å²) in [6.07, 6.45) is 20.6. The summed E-state index contributed by atoms with van der Waals surface area (Å²) in [6.45, 7) is 2.26. The second kappa shape index (κ2) is 16.8. The lowest BCUT2D eigenvalue weighted by Gasteiger charge is -2.07. The predicted molar refractivity (Wildman–Crippen MR) is 141 cm³/mol. The highest BCUT2D eigenvalue weighted by molar-refractivity contribution is 5.74. The van der Waals surface area contributed by atoms with Gasteiger partial charge in [0.2, 0.25) is 0 Å². The van der Waals surface area contributed by atoms with Gasteiger partial charge in [-0.3, -0.25) is 4.79 Å². The Morgan fingerprint density at radius 2 is 1.21 bits per heavy atom. The van der Waals surface area contributed by atoms with E-state index in [1.165, 1.54) is 76.7 Å². The molecular weight excluding hydrogens is 424 g/mol. The minimum atomic E-state index is -0.262. The van der Waals surface area contributed by atoms with E-state index in [0.717, 1.165) is 24.0 Å². The molecule has 0 atom stereocenters. The zero-order valence-electron chi connectivity index (χ0n) is 20.8. The first-order valence-electron chi connectivity index (χ1n) is 13.1. The Kier molecular flexibility index (Phi) is 13.6. The molecule has 0 aliphatic rings. The van der Waals surface area contributed by atoms with Gasteiger partial charge in [0.1, 0.15) is 17.2 Å². The normalized spacial score (nSPS) is 11.2. The summed E-state index contributed by atoms with van der Waals surface area (Å²) in [5.41, 5.74) is 1.65. The van der Waals surface area contributed by atoms with Crippen molar-refractivity contribution in [3.05, 3.63) is 53.6 Å². The van der Waals surface area contributed by atoms with Gasteiger partial charge >= 0.3 is 5.97 Å². The quantitative estimate of drug-likeness (QED) is 0.106. The molecule has 0 aromatic heterocycles. The number of esters is 1. The van der Waals surface area contributed by atoms with Crippen molar-refractivity contribution in [2.45, 2.75) is 96.8 Å². The molecule has 186 valence electrons. The lowest BCUT2D eigenvalue weighted by molar-refractivity contribution is -0.134. The standard InChI is InChI=1S/C30H42O4/c1-2-3-4-5-6-7-8-9-10-11-12-13-14-15-30(33)34-29-23-26(22-28(32)24-29)17-16-25-18-20-27(31)21-19-25/h16-24,31-32H,2-15H2,1H3/b17-16+. The van der Waals surface area contributed by atoms with Crippen LogP contribution in [0.2, 0.25) is 0 Å². The van der Waals surface area contributed by atoms with Crippen molar-refractivity contribution in [3.8, 4) is 17.2 Å². The average Bonchev–Trinajstić information content (AvgIpc) is 2.81. The van der Waals surface area contributed by atoms with E-state index in [-0.39, 0.29) is 17.5 Å². The van der Waals surface area contributed by atoms with Crippen molar-refractivity contribution in [2.75, 3.05) is 0 Å². The molecule has 0 amide bonds. The molecule has 4 nitrogen and oxygen atoms in total. The summed E-state index contributed by atoms with van der Waals surface area (Å²) in [6, 6.07) is 11.6. The Balaban J connectivity index is 1.59. The molecule has 0 unspecified atom stereocenters. The molecular formula is C30H42O4. The minimum Gasteiger partial charge on any atom is -0.508 e. The molecule has 2 aromatic rings. The van der Waals surface area contributed by atoms with E-state index in [0.29, 0.717) is 12.2 Å². The molecule has 0 radical (unpaired) electrons. The van der Waals surface area contributed by atoms with Gasteiger partial charge in [-0.05, 0) is 41.8 Å². The predicted octanol–water partition coefficient (Wildman–Crippen LogP) is 8.65. The first-order chi connectivity index (χ1) is 16.6. The average molecular weight is 467 g/mol. The van der Waals surface area contributed by atoms with Crippen LogP contribution in [-0.2, 0) is 4.79 Å². The number of rotatable bonds is 17. The van der Waals surface area contributed by atoms with Gasteiger partial charge in [0.25, 0.3) is 0 Å². The Morgan fingerprint density at radius 1 is 0.676 bits per heavy atom. The number of aromatic hydroxyl groups is 2. The van der Waals surface area contributed by atoms with Crippen molar-refractivity contribution < 1.29 is 19.7 Å².